The van der Waals surface area contributed by atoms with Crippen LogP contribution in [0.4, 0.5) is 0 Å². The van der Waals surface area contributed by atoms with Crippen molar-refractivity contribution in [3.8, 4) is 0 Å². The average Bonchev–Trinajstić information content (AvgIpc) is 2.43. The van der Waals surface area contributed by atoms with E-state index in [4.69, 9.17) is 5.11 Å². The van der Waals surface area contributed by atoms with Crippen LogP contribution in [0.3, 0.4) is 0 Å². The number of allylic oxidation sites excluding steroid dienone is 6. The van der Waals surface area contributed by atoms with Gasteiger partial charge in [-0.15, -0.1) is 0 Å². The molecule has 0 fully saturated rings. The fourth-order valence-electron chi connectivity index (χ4n) is 1.87. The summed E-state index contributed by atoms with van der Waals surface area (Å²) in [6, 6.07) is 0. The van der Waals surface area contributed by atoms with Gasteiger partial charge in [0.2, 0.25) is 0 Å². The van der Waals surface area contributed by atoms with E-state index in [1.165, 1.54) is 32.1 Å². The molecule has 0 aliphatic rings. The van der Waals surface area contributed by atoms with Gasteiger partial charge in [0.25, 0.3) is 0 Å². The molecule has 2 nitrogen and oxygen atoms in total. The molecule has 1 N–H and O–H groups in total. The van der Waals surface area contributed by atoms with Crippen molar-refractivity contribution in [1.29, 1.82) is 0 Å². The molecule has 0 saturated carbocycles. The van der Waals surface area contributed by atoms with Gasteiger partial charge in [-0.25, -0.2) is 0 Å². The van der Waals surface area contributed by atoms with Gasteiger partial charge in [0.15, 0.2) is 0 Å². The Morgan fingerprint density at radius 1 is 0.810 bits per heavy atom. The number of hydrogen-bond acceptors (Lipinski definition) is 1. The van der Waals surface area contributed by atoms with Gasteiger partial charge in [-0.1, -0.05) is 75.5 Å². The fourth-order valence-corrected chi connectivity index (χ4v) is 1.87. The number of hydrogen-bond donors (Lipinski definition) is 1. The molecule has 0 aliphatic carbocycles. The molecule has 118 valence electrons. The summed E-state index contributed by atoms with van der Waals surface area (Å²) in [7, 11) is 0. The summed E-state index contributed by atoms with van der Waals surface area (Å²) in [4.78, 5) is 10.3. The van der Waals surface area contributed by atoms with Gasteiger partial charge in [-0.2, -0.15) is 0 Å². The Hall–Kier alpha value is 0.261. The first-order valence-electron chi connectivity index (χ1n) is 7.97. The Kier molecular flexibility index (Phi) is 22.7. The van der Waals surface area contributed by atoms with E-state index in [0.717, 1.165) is 25.7 Å². The van der Waals surface area contributed by atoms with Crippen LogP contribution in [-0.4, -0.2) is 60.0 Å². The summed E-state index contributed by atoms with van der Waals surface area (Å²) < 4.78 is 0. The molecule has 0 aromatic carbocycles. The van der Waals surface area contributed by atoms with Crippen LogP contribution in [0.1, 0.15) is 71.1 Å². The van der Waals surface area contributed by atoms with E-state index in [1.54, 1.807) is 0 Å². The SMILES string of the molecule is CCCCC=CC=CC=CCCCCCCCC(=O)O.[BaH2]. The van der Waals surface area contributed by atoms with Crippen LogP contribution in [0.5, 0.6) is 0 Å². The van der Waals surface area contributed by atoms with Gasteiger partial charge >= 0.3 is 54.9 Å². The van der Waals surface area contributed by atoms with Crippen LogP contribution in [0.15, 0.2) is 36.5 Å². The second-order valence-corrected chi connectivity index (χ2v) is 5.08. The molecule has 0 amide bonds. The predicted molar refractivity (Wildman–Crippen MR) is 95.4 cm³/mol. The topological polar surface area (TPSA) is 37.3 Å². The molecule has 0 unspecified atom stereocenters. The molecule has 0 rings (SSSR count). The molecule has 0 saturated heterocycles. The quantitative estimate of drug-likeness (QED) is 0.267. The third kappa shape index (κ3) is 22.7. The molecule has 0 aromatic rings. The van der Waals surface area contributed by atoms with E-state index in [0.29, 0.717) is 6.42 Å². The first kappa shape index (κ1) is 23.5. The van der Waals surface area contributed by atoms with Crippen molar-refractivity contribution in [2.75, 3.05) is 0 Å². The van der Waals surface area contributed by atoms with Crippen molar-refractivity contribution in [1.82, 2.24) is 0 Å². The third-order valence-electron chi connectivity index (χ3n) is 3.09. The van der Waals surface area contributed by atoms with Crippen LogP contribution in [0.2, 0.25) is 0 Å². The summed E-state index contributed by atoms with van der Waals surface area (Å²) in [5, 5.41) is 8.50. The predicted octanol–water partition coefficient (Wildman–Crippen LogP) is 4.74. The first-order valence-corrected chi connectivity index (χ1v) is 7.97. The third-order valence-corrected chi connectivity index (χ3v) is 3.09. The zero-order chi connectivity index (χ0) is 14.9. The number of carbonyl (C=O) groups is 1. The number of unbranched alkanes of at least 4 members (excludes halogenated alkanes) is 7. The monoisotopic (exact) mass is 418 g/mol. The summed E-state index contributed by atoms with van der Waals surface area (Å²) in [5.41, 5.74) is 0. The van der Waals surface area contributed by atoms with Crippen molar-refractivity contribution in [2.24, 2.45) is 0 Å². The maximum atomic E-state index is 10.3. The normalized spacial score (nSPS) is 11.5. The van der Waals surface area contributed by atoms with E-state index in [-0.39, 0.29) is 48.9 Å². The molecule has 21 heavy (non-hydrogen) atoms. The first-order chi connectivity index (χ1) is 9.77. The molecule has 0 heterocycles. The second-order valence-electron chi connectivity index (χ2n) is 5.08. The molecule has 0 aromatic heterocycles. The molecule has 0 radical (unpaired) electrons. The zero-order valence-corrected chi connectivity index (χ0v) is 12.9. The number of rotatable bonds is 13. The standard InChI is InChI=1S/C18H30O2.Ba.2H/c1-2-3-4-5-6-7-8-9-10-11-12-13-14-15-16-17-18(19)20;;;/h5-10H,2-4,11-17H2,1H3,(H,19,20);;;. The fraction of sp³-hybridized carbons (Fsp3) is 0.611. The van der Waals surface area contributed by atoms with Crippen LogP contribution in [0.25, 0.3) is 0 Å². The van der Waals surface area contributed by atoms with Crippen LogP contribution in [-0.2, 0) is 4.79 Å². The van der Waals surface area contributed by atoms with E-state index >= 15 is 0 Å². The van der Waals surface area contributed by atoms with Gasteiger partial charge in [0.1, 0.15) is 0 Å². The van der Waals surface area contributed by atoms with E-state index in [1.807, 2.05) is 0 Å². The van der Waals surface area contributed by atoms with Crippen molar-refractivity contribution >= 4 is 54.9 Å². The molecule has 0 spiro atoms. The average molecular weight is 418 g/mol. The summed E-state index contributed by atoms with van der Waals surface area (Å²) in [5.74, 6) is -0.677. The van der Waals surface area contributed by atoms with Crippen LogP contribution < -0.4 is 0 Å². The Bertz CT molecular complexity index is 306. The maximum absolute atomic E-state index is 10.3. The van der Waals surface area contributed by atoms with E-state index < -0.39 is 5.97 Å². The summed E-state index contributed by atoms with van der Waals surface area (Å²) in [6.07, 6.45) is 23.3. The summed E-state index contributed by atoms with van der Waals surface area (Å²) in [6.45, 7) is 2.21. The second kappa shape index (κ2) is 20.3. The van der Waals surface area contributed by atoms with E-state index in [9.17, 15) is 4.79 Å². The molecule has 0 bridgehead atoms. The van der Waals surface area contributed by atoms with E-state index in [2.05, 4.69) is 43.4 Å². The molecular formula is C18H32BaO2. The molecule has 0 aliphatic heterocycles. The zero-order valence-electron chi connectivity index (χ0n) is 12.9. The van der Waals surface area contributed by atoms with Crippen molar-refractivity contribution in [3.63, 3.8) is 0 Å². The molecule has 0 atom stereocenters. The number of carboxylic acids is 1. The minimum atomic E-state index is -0.677. The Morgan fingerprint density at radius 3 is 1.90 bits per heavy atom. The van der Waals surface area contributed by atoms with Crippen molar-refractivity contribution in [3.05, 3.63) is 36.5 Å². The Balaban J connectivity index is 0. The van der Waals surface area contributed by atoms with Crippen molar-refractivity contribution in [2.45, 2.75) is 71.1 Å². The summed E-state index contributed by atoms with van der Waals surface area (Å²) >= 11 is 0. The minimum absolute atomic E-state index is 0. The van der Waals surface area contributed by atoms with Gasteiger partial charge in [-0.3, -0.25) is 4.79 Å². The van der Waals surface area contributed by atoms with Crippen molar-refractivity contribution < 1.29 is 9.90 Å². The van der Waals surface area contributed by atoms with Gasteiger partial charge in [-0.05, 0) is 25.7 Å². The Morgan fingerprint density at radius 2 is 1.33 bits per heavy atom. The Labute approximate surface area is 170 Å². The molecular weight excluding hydrogens is 386 g/mol. The van der Waals surface area contributed by atoms with Crippen LogP contribution >= 0.6 is 0 Å². The number of aliphatic carboxylic acids is 1. The van der Waals surface area contributed by atoms with Gasteiger partial charge in [0.05, 0.1) is 0 Å². The van der Waals surface area contributed by atoms with Gasteiger partial charge in [0, 0.05) is 6.42 Å². The number of carboxylic acid groups (broad SMARTS) is 1. The molecule has 3 heteroatoms. The van der Waals surface area contributed by atoms with Crippen LogP contribution in [0, 0.1) is 0 Å². The van der Waals surface area contributed by atoms with Gasteiger partial charge < -0.3 is 5.11 Å².